The van der Waals surface area contributed by atoms with E-state index in [1.165, 1.54) is 12.5 Å². The monoisotopic (exact) mass is 284 g/mol. The van der Waals surface area contributed by atoms with Gasteiger partial charge in [0.25, 0.3) is 5.91 Å². The summed E-state index contributed by atoms with van der Waals surface area (Å²) in [5, 5.41) is 2.01. The molecule has 0 saturated heterocycles. The topological polar surface area (TPSA) is 72.9 Å². The molecule has 0 aliphatic carbocycles. The number of nitrogens with zero attached hydrogens (tertiary/aromatic N) is 2. The molecule has 0 fully saturated rings. The van der Waals surface area contributed by atoms with Crippen LogP contribution >= 0.6 is 0 Å². The lowest BCUT2D eigenvalue weighted by Crippen LogP contribution is -2.15. The zero-order valence-electron chi connectivity index (χ0n) is 10.2. The van der Waals surface area contributed by atoms with Crippen LogP contribution in [0.2, 0.25) is 0 Å². The van der Waals surface area contributed by atoms with Gasteiger partial charge in [0.05, 0.1) is 6.33 Å². The fourth-order valence-electron chi connectivity index (χ4n) is 1.59. The number of hydrogen-bond acceptors (Lipinski definition) is 3. The molecule has 5 nitrogen and oxygen atoms in total. The van der Waals surface area contributed by atoms with Crippen molar-refractivity contribution >= 4 is 11.6 Å². The first kappa shape index (κ1) is 14.1. The van der Waals surface area contributed by atoms with Crippen LogP contribution in [0.15, 0.2) is 24.7 Å². The largest absolute Gasteiger partial charge is 0.335 e. The molecule has 3 N–H and O–H groups in total. The number of nitrogens with one attached hydrogen (secondary N) is 1. The standard InChI is InChI=1S/C12H11F3N4O/c13-7-3-8(14)11(9(15)4-7)18-12(20)10-5-19(2-1-16)6-17-10/h3-6H,1-2,16H2,(H,18,20). The molecule has 1 aromatic carbocycles. The number of nitrogens with two attached hydrogens (primary N) is 1. The van der Waals surface area contributed by atoms with Crippen LogP contribution in [0.3, 0.4) is 0 Å². The fourth-order valence-corrected chi connectivity index (χ4v) is 1.59. The predicted octanol–water partition coefficient (Wildman–Crippen LogP) is 1.51. The lowest BCUT2D eigenvalue weighted by molar-refractivity contribution is 0.102. The molecule has 0 spiro atoms. The first-order valence-electron chi connectivity index (χ1n) is 5.69. The maximum absolute atomic E-state index is 13.4. The van der Waals surface area contributed by atoms with Gasteiger partial charge in [-0.2, -0.15) is 0 Å². The average molecular weight is 284 g/mol. The molecule has 0 radical (unpaired) electrons. The van der Waals surface area contributed by atoms with Crippen LogP contribution in [0.5, 0.6) is 0 Å². The Kier molecular flexibility index (Phi) is 4.04. The lowest BCUT2D eigenvalue weighted by Gasteiger charge is -2.06. The molecule has 106 valence electrons. The summed E-state index contributed by atoms with van der Waals surface area (Å²) < 4.78 is 41.1. The molecule has 2 rings (SSSR count). The average Bonchev–Trinajstić information content (AvgIpc) is 2.82. The van der Waals surface area contributed by atoms with E-state index in [-0.39, 0.29) is 5.69 Å². The Bertz CT molecular complexity index is 618. The smallest absolute Gasteiger partial charge is 0.276 e. The second kappa shape index (κ2) is 5.74. The van der Waals surface area contributed by atoms with Crippen molar-refractivity contribution in [2.45, 2.75) is 6.54 Å². The van der Waals surface area contributed by atoms with Crippen LogP contribution in [-0.2, 0) is 6.54 Å². The Labute approximate surface area is 112 Å². The van der Waals surface area contributed by atoms with Crippen molar-refractivity contribution in [2.24, 2.45) is 5.73 Å². The maximum Gasteiger partial charge on any atom is 0.276 e. The number of carbonyl (C=O) groups excluding carboxylic acids is 1. The van der Waals surface area contributed by atoms with Gasteiger partial charge in [-0.15, -0.1) is 0 Å². The van der Waals surface area contributed by atoms with E-state index in [4.69, 9.17) is 5.73 Å². The molecule has 0 aliphatic rings. The number of imidazole rings is 1. The number of rotatable bonds is 4. The molecule has 1 aromatic heterocycles. The van der Waals surface area contributed by atoms with Crippen molar-refractivity contribution in [1.29, 1.82) is 0 Å². The molecule has 1 heterocycles. The van der Waals surface area contributed by atoms with Gasteiger partial charge >= 0.3 is 0 Å². The van der Waals surface area contributed by atoms with Crippen LogP contribution in [0.25, 0.3) is 0 Å². The van der Waals surface area contributed by atoms with E-state index < -0.39 is 29.0 Å². The van der Waals surface area contributed by atoms with Crippen LogP contribution < -0.4 is 11.1 Å². The summed E-state index contributed by atoms with van der Waals surface area (Å²) in [6.07, 6.45) is 2.76. The minimum Gasteiger partial charge on any atom is -0.335 e. The zero-order valence-corrected chi connectivity index (χ0v) is 10.2. The molecule has 20 heavy (non-hydrogen) atoms. The minimum absolute atomic E-state index is 0.0263. The van der Waals surface area contributed by atoms with E-state index in [1.807, 2.05) is 5.32 Å². The van der Waals surface area contributed by atoms with Crippen LogP contribution in [-0.4, -0.2) is 22.0 Å². The summed E-state index contributed by atoms with van der Waals surface area (Å²) >= 11 is 0. The number of benzene rings is 1. The van der Waals surface area contributed by atoms with Crippen LogP contribution in [0, 0.1) is 17.5 Å². The molecule has 1 amide bonds. The summed E-state index contributed by atoms with van der Waals surface area (Å²) in [5.74, 6) is -4.26. The minimum atomic E-state index is -1.20. The Morgan fingerprint density at radius 2 is 1.95 bits per heavy atom. The molecular weight excluding hydrogens is 273 g/mol. The van der Waals surface area contributed by atoms with Gasteiger partial charge < -0.3 is 15.6 Å². The highest BCUT2D eigenvalue weighted by Crippen LogP contribution is 2.20. The highest BCUT2D eigenvalue weighted by Gasteiger charge is 2.16. The summed E-state index contributed by atoms with van der Waals surface area (Å²) in [6, 6.07) is 0.956. The Morgan fingerprint density at radius 3 is 2.55 bits per heavy atom. The van der Waals surface area contributed by atoms with Crippen LogP contribution in [0.4, 0.5) is 18.9 Å². The number of anilines is 1. The van der Waals surface area contributed by atoms with E-state index >= 15 is 0 Å². The van der Waals surface area contributed by atoms with Gasteiger partial charge in [-0.3, -0.25) is 4.79 Å². The second-order valence-electron chi connectivity index (χ2n) is 3.98. The third-order valence-corrected chi connectivity index (χ3v) is 2.50. The van der Waals surface area contributed by atoms with E-state index in [0.717, 1.165) is 0 Å². The van der Waals surface area contributed by atoms with Gasteiger partial charge in [0.2, 0.25) is 0 Å². The van der Waals surface area contributed by atoms with Crippen molar-refractivity contribution in [3.63, 3.8) is 0 Å². The van der Waals surface area contributed by atoms with E-state index in [9.17, 15) is 18.0 Å². The Hall–Kier alpha value is -2.35. The van der Waals surface area contributed by atoms with Crippen molar-refractivity contribution in [2.75, 3.05) is 11.9 Å². The number of aromatic nitrogens is 2. The van der Waals surface area contributed by atoms with Gasteiger partial charge in [-0.1, -0.05) is 0 Å². The normalized spacial score (nSPS) is 10.6. The quantitative estimate of drug-likeness (QED) is 0.894. The number of carbonyl (C=O) groups is 1. The summed E-state index contributed by atoms with van der Waals surface area (Å²) in [5.41, 5.74) is 4.60. The van der Waals surface area contributed by atoms with E-state index in [2.05, 4.69) is 4.98 Å². The highest BCUT2D eigenvalue weighted by atomic mass is 19.1. The third-order valence-electron chi connectivity index (χ3n) is 2.50. The first-order valence-corrected chi connectivity index (χ1v) is 5.69. The Morgan fingerprint density at radius 1 is 1.30 bits per heavy atom. The van der Waals surface area contributed by atoms with Crippen molar-refractivity contribution < 1.29 is 18.0 Å². The molecule has 0 bridgehead atoms. The molecule has 0 saturated carbocycles. The van der Waals surface area contributed by atoms with E-state index in [1.54, 1.807) is 4.57 Å². The summed E-state index contributed by atoms with van der Waals surface area (Å²) in [6.45, 7) is 0.818. The van der Waals surface area contributed by atoms with Gasteiger partial charge in [-0.25, -0.2) is 18.2 Å². The van der Waals surface area contributed by atoms with Gasteiger partial charge in [0, 0.05) is 31.4 Å². The SMILES string of the molecule is NCCn1cnc(C(=O)Nc2c(F)cc(F)cc2F)c1. The second-order valence-corrected chi connectivity index (χ2v) is 3.98. The van der Waals surface area contributed by atoms with Gasteiger partial charge in [-0.05, 0) is 0 Å². The molecule has 0 aliphatic heterocycles. The van der Waals surface area contributed by atoms with Crippen molar-refractivity contribution in [3.05, 3.63) is 47.8 Å². The van der Waals surface area contributed by atoms with Crippen LogP contribution in [0.1, 0.15) is 10.5 Å². The predicted molar refractivity (Wildman–Crippen MR) is 65.6 cm³/mol. The third kappa shape index (κ3) is 2.97. The highest BCUT2D eigenvalue weighted by molar-refractivity contribution is 6.02. The van der Waals surface area contributed by atoms with Crippen molar-refractivity contribution in [1.82, 2.24) is 9.55 Å². The zero-order chi connectivity index (χ0) is 14.7. The Balaban J connectivity index is 2.19. The number of hydrogen-bond donors (Lipinski definition) is 2. The van der Waals surface area contributed by atoms with Crippen molar-refractivity contribution in [3.8, 4) is 0 Å². The first-order chi connectivity index (χ1) is 9.51. The van der Waals surface area contributed by atoms with E-state index in [0.29, 0.717) is 25.2 Å². The summed E-state index contributed by atoms with van der Waals surface area (Å²) in [4.78, 5) is 15.6. The molecular formula is C12H11F3N4O. The molecule has 0 unspecified atom stereocenters. The molecule has 2 aromatic rings. The van der Waals surface area contributed by atoms with Gasteiger partial charge in [0.1, 0.15) is 17.2 Å². The summed E-state index contributed by atoms with van der Waals surface area (Å²) in [7, 11) is 0. The maximum atomic E-state index is 13.4. The number of amides is 1. The molecule has 8 heteroatoms. The lowest BCUT2D eigenvalue weighted by atomic mass is 10.2. The number of halogens is 3. The molecule has 0 atom stereocenters. The fraction of sp³-hybridized carbons (Fsp3) is 0.167. The van der Waals surface area contributed by atoms with Gasteiger partial charge in [0.15, 0.2) is 11.6 Å².